The van der Waals surface area contributed by atoms with Crippen molar-refractivity contribution in [3.05, 3.63) is 21.4 Å². The number of hydrogen-bond donors (Lipinski definition) is 0. The van der Waals surface area contributed by atoms with Gasteiger partial charge >= 0.3 is 0 Å². The van der Waals surface area contributed by atoms with E-state index in [9.17, 15) is 4.79 Å². The van der Waals surface area contributed by atoms with Crippen molar-refractivity contribution in [1.82, 2.24) is 4.90 Å². The van der Waals surface area contributed by atoms with Crippen molar-refractivity contribution in [1.29, 1.82) is 0 Å². The number of terminal acetylenes is 1. The van der Waals surface area contributed by atoms with E-state index < -0.39 is 0 Å². The Morgan fingerprint density at radius 3 is 3.00 bits per heavy atom. The maximum atomic E-state index is 12.1. The van der Waals surface area contributed by atoms with Gasteiger partial charge in [0.05, 0.1) is 11.4 Å². The van der Waals surface area contributed by atoms with Crippen LogP contribution in [-0.4, -0.2) is 24.4 Å². The van der Waals surface area contributed by atoms with Crippen LogP contribution in [0.1, 0.15) is 39.4 Å². The van der Waals surface area contributed by atoms with Crippen LogP contribution in [0.4, 0.5) is 0 Å². The van der Waals surface area contributed by atoms with Crippen molar-refractivity contribution in [3.63, 3.8) is 0 Å². The first-order chi connectivity index (χ1) is 8.22. The van der Waals surface area contributed by atoms with Crippen LogP contribution in [0.2, 0.25) is 0 Å². The topological polar surface area (TPSA) is 20.3 Å². The summed E-state index contributed by atoms with van der Waals surface area (Å²) in [4.78, 5) is 15.9. The lowest BCUT2D eigenvalue weighted by molar-refractivity contribution is 0.0817. The molecule has 0 saturated carbocycles. The Labute approximate surface area is 107 Å². The number of hydrogen-bond acceptors (Lipinski definition) is 2. The molecule has 1 aromatic rings. The molecule has 1 aliphatic carbocycles. The summed E-state index contributed by atoms with van der Waals surface area (Å²) in [6.45, 7) is 0.376. The predicted octanol–water partition coefficient (Wildman–Crippen LogP) is 2.72. The molecule has 0 saturated heterocycles. The van der Waals surface area contributed by atoms with E-state index in [0.717, 1.165) is 17.7 Å². The standard InChI is InChI=1S/C14H17NOS/c1-3-9-15(2)14(16)13-10-11-7-5-4-6-8-12(11)17-13/h1,10H,4-9H2,2H3. The summed E-state index contributed by atoms with van der Waals surface area (Å²) >= 11 is 1.65. The molecule has 1 aromatic heterocycles. The van der Waals surface area contributed by atoms with Crippen LogP contribution in [0.5, 0.6) is 0 Å². The predicted molar refractivity (Wildman–Crippen MR) is 71.4 cm³/mol. The molecule has 1 amide bonds. The fraction of sp³-hybridized carbons (Fsp3) is 0.500. The number of fused-ring (bicyclic) bond motifs is 1. The lowest BCUT2D eigenvalue weighted by Gasteiger charge is -2.11. The number of rotatable bonds is 2. The molecule has 0 atom stereocenters. The highest BCUT2D eigenvalue weighted by molar-refractivity contribution is 7.14. The molecule has 0 N–H and O–H groups in total. The first-order valence-corrected chi connectivity index (χ1v) is 6.84. The third-order valence-electron chi connectivity index (χ3n) is 3.13. The van der Waals surface area contributed by atoms with Crippen molar-refractivity contribution < 1.29 is 4.79 Å². The van der Waals surface area contributed by atoms with Crippen molar-refractivity contribution in [3.8, 4) is 12.3 Å². The van der Waals surface area contributed by atoms with E-state index >= 15 is 0 Å². The van der Waals surface area contributed by atoms with Gasteiger partial charge in [-0.25, -0.2) is 0 Å². The van der Waals surface area contributed by atoms with Crippen LogP contribution in [0, 0.1) is 12.3 Å². The zero-order chi connectivity index (χ0) is 12.3. The molecule has 2 nitrogen and oxygen atoms in total. The summed E-state index contributed by atoms with van der Waals surface area (Å²) in [6, 6.07) is 2.07. The van der Waals surface area contributed by atoms with Crippen LogP contribution in [0.15, 0.2) is 6.07 Å². The third-order valence-corrected chi connectivity index (χ3v) is 4.36. The van der Waals surface area contributed by atoms with Crippen LogP contribution in [0.3, 0.4) is 0 Å². The Morgan fingerprint density at radius 1 is 1.47 bits per heavy atom. The van der Waals surface area contributed by atoms with Gasteiger partial charge in [0, 0.05) is 11.9 Å². The number of carbonyl (C=O) groups excluding carboxylic acids is 1. The average Bonchev–Trinajstić information content (AvgIpc) is 2.60. The van der Waals surface area contributed by atoms with E-state index in [1.54, 1.807) is 23.3 Å². The number of aryl methyl sites for hydroxylation is 2. The number of carbonyl (C=O) groups is 1. The fourth-order valence-electron chi connectivity index (χ4n) is 2.17. The second kappa shape index (κ2) is 5.37. The molecular formula is C14H17NOS. The maximum absolute atomic E-state index is 12.1. The van der Waals surface area contributed by atoms with E-state index in [1.807, 2.05) is 0 Å². The molecule has 0 bridgehead atoms. The van der Waals surface area contributed by atoms with Crippen molar-refractivity contribution in [2.45, 2.75) is 32.1 Å². The van der Waals surface area contributed by atoms with Crippen LogP contribution in [-0.2, 0) is 12.8 Å². The molecule has 0 aliphatic heterocycles. The highest BCUT2D eigenvalue weighted by atomic mass is 32.1. The van der Waals surface area contributed by atoms with Gasteiger partial charge in [-0.15, -0.1) is 17.8 Å². The van der Waals surface area contributed by atoms with E-state index in [4.69, 9.17) is 6.42 Å². The van der Waals surface area contributed by atoms with Gasteiger partial charge in [-0.2, -0.15) is 0 Å². The molecule has 0 spiro atoms. The molecule has 1 aliphatic rings. The van der Waals surface area contributed by atoms with E-state index in [-0.39, 0.29) is 5.91 Å². The summed E-state index contributed by atoms with van der Waals surface area (Å²) in [5.74, 6) is 2.56. The summed E-state index contributed by atoms with van der Waals surface area (Å²) in [5.41, 5.74) is 1.38. The number of nitrogens with zero attached hydrogens (tertiary/aromatic N) is 1. The van der Waals surface area contributed by atoms with Gasteiger partial charge < -0.3 is 4.90 Å². The van der Waals surface area contributed by atoms with Crippen LogP contribution >= 0.6 is 11.3 Å². The Balaban J connectivity index is 2.18. The maximum Gasteiger partial charge on any atom is 0.264 e. The van der Waals surface area contributed by atoms with E-state index in [1.165, 1.54) is 29.7 Å². The fourth-order valence-corrected chi connectivity index (χ4v) is 3.42. The molecule has 17 heavy (non-hydrogen) atoms. The lowest BCUT2D eigenvalue weighted by atomic mass is 10.1. The summed E-state index contributed by atoms with van der Waals surface area (Å²) in [5, 5.41) is 0. The molecule has 2 rings (SSSR count). The Hall–Kier alpha value is -1.27. The molecule has 0 unspecified atom stereocenters. The van der Waals surface area contributed by atoms with Gasteiger partial charge in [0.25, 0.3) is 5.91 Å². The normalized spacial score (nSPS) is 14.6. The third kappa shape index (κ3) is 2.70. The monoisotopic (exact) mass is 247 g/mol. The second-order valence-corrected chi connectivity index (χ2v) is 5.62. The summed E-state index contributed by atoms with van der Waals surface area (Å²) in [6.07, 6.45) is 11.3. The van der Waals surface area contributed by atoms with Gasteiger partial charge in [0.15, 0.2) is 0 Å². The SMILES string of the molecule is C#CCN(C)C(=O)c1cc2c(s1)CCCCC2. The Morgan fingerprint density at radius 2 is 2.24 bits per heavy atom. The minimum absolute atomic E-state index is 0.0565. The first-order valence-electron chi connectivity index (χ1n) is 6.03. The molecule has 90 valence electrons. The highest BCUT2D eigenvalue weighted by Gasteiger charge is 2.18. The van der Waals surface area contributed by atoms with Gasteiger partial charge in [0.2, 0.25) is 0 Å². The van der Waals surface area contributed by atoms with Gasteiger partial charge in [-0.1, -0.05) is 12.3 Å². The van der Waals surface area contributed by atoms with Crippen molar-refractivity contribution >= 4 is 17.2 Å². The zero-order valence-electron chi connectivity index (χ0n) is 10.2. The molecule has 0 aromatic carbocycles. The summed E-state index contributed by atoms with van der Waals surface area (Å²) in [7, 11) is 1.76. The van der Waals surface area contributed by atoms with Crippen molar-refractivity contribution in [2.24, 2.45) is 0 Å². The molecule has 0 radical (unpaired) electrons. The number of amides is 1. The van der Waals surface area contributed by atoms with Gasteiger partial charge in [-0.3, -0.25) is 4.79 Å². The molecule has 1 heterocycles. The van der Waals surface area contributed by atoms with Gasteiger partial charge in [-0.05, 0) is 37.3 Å². The molecular weight excluding hydrogens is 230 g/mol. The van der Waals surface area contributed by atoms with E-state index in [0.29, 0.717) is 6.54 Å². The minimum Gasteiger partial charge on any atom is -0.330 e. The van der Waals surface area contributed by atoms with E-state index in [2.05, 4.69) is 12.0 Å². The quantitative estimate of drug-likeness (QED) is 0.581. The first kappa shape index (κ1) is 12.2. The minimum atomic E-state index is 0.0565. The smallest absolute Gasteiger partial charge is 0.264 e. The second-order valence-electron chi connectivity index (χ2n) is 4.49. The Kier molecular flexibility index (Phi) is 3.86. The van der Waals surface area contributed by atoms with Crippen LogP contribution < -0.4 is 0 Å². The lowest BCUT2D eigenvalue weighted by Crippen LogP contribution is -2.26. The molecule has 3 heteroatoms. The zero-order valence-corrected chi connectivity index (χ0v) is 11.0. The summed E-state index contributed by atoms with van der Waals surface area (Å²) < 4.78 is 0. The van der Waals surface area contributed by atoms with Gasteiger partial charge in [0.1, 0.15) is 0 Å². The average molecular weight is 247 g/mol. The number of thiophene rings is 1. The van der Waals surface area contributed by atoms with Crippen LogP contribution in [0.25, 0.3) is 0 Å². The molecule has 0 fully saturated rings. The largest absolute Gasteiger partial charge is 0.330 e. The van der Waals surface area contributed by atoms with Crippen molar-refractivity contribution in [2.75, 3.05) is 13.6 Å². The highest BCUT2D eigenvalue weighted by Crippen LogP contribution is 2.29. The Bertz CT molecular complexity index is 432.